The van der Waals surface area contributed by atoms with E-state index >= 15 is 0 Å². The number of nitrogens with one attached hydrogen (secondary N) is 3. The molecule has 2 aromatic carbocycles. The van der Waals surface area contributed by atoms with E-state index in [1.54, 1.807) is 0 Å². The van der Waals surface area contributed by atoms with Crippen LogP contribution in [0.3, 0.4) is 0 Å². The summed E-state index contributed by atoms with van der Waals surface area (Å²) in [5.41, 5.74) is -0.0470. The standard InChI is InChI=1S/C20H16FN3O5/c21-12-4-1-3-11(9-12)18(27)22-15-6-2-5-13(14(15)10-25)19(28)23-16-7-8-17(26)24-20(16)29/h1-6,9-10,16H,7-8H2,(H,22,27)(H,23,28)(H,24,26,29). The molecule has 0 radical (unpaired) electrons. The number of imide groups is 1. The third-order valence-electron chi connectivity index (χ3n) is 4.35. The van der Waals surface area contributed by atoms with Crippen LogP contribution < -0.4 is 16.0 Å². The van der Waals surface area contributed by atoms with Crippen molar-refractivity contribution in [3.63, 3.8) is 0 Å². The topological polar surface area (TPSA) is 121 Å². The minimum absolute atomic E-state index is 0.0419. The van der Waals surface area contributed by atoms with Crippen molar-refractivity contribution in [2.45, 2.75) is 18.9 Å². The van der Waals surface area contributed by atoms with Crippen molar-refractivity contribution in [3.8, 4) is 0 Å². The van der Waals surface area contributed by atoms with Gasteiger partial charge in [-0.15, -0.1) is 0 Å². The van der Waals surface area contributed by atoms with E-state index in [0.717, 1.165) is 6.07 Å². The molecule has 3 rings (SSSR count). The van der Waals surface area contributed by atoms with Crippen molar-refractivity contribution in [2.75, 3.05) is 5.32 Å². The molecular weight excluding hydrogens is 381 g/mol. The molecule has 8 nitrogen and oxygen atoms in total. The van der Waals surface area contributed by atoms with Gasteiger partial charge in [-0.3, -0.25) is 29.3 Å². The van der Waals surface area contributed by atoms with Crippen LogP contribution in [0.25, 0.3) is 0 Å². The van der Waals surface area contributed by atoms with Crippen LogP contribution in [0.5, 0.6) is 0 Å². The SMILES string of the molecule is O=Cc1c(NC(=O)c2cccc(F)c2)cccc1C(=O)NC1CCC(=O)NC1=O. The van der Waals surface area contributed by atoms with E-state index in [-0.39, 0.29) is 35.2 Å². The Morgan fingerprint density at radius 3 is 2.55 bits per heavy atom. The Kier molecular flexibility index (Phi) is 5.77. The zero-order valence-electron chi connectivity index (χ0n) is 15.0. The molecule has 148 valence electrons. The highest BCUT2D eigenvalue weighted by Gasteiger charge is 2.29. The first-order valence-electron chi connectivity index (χ1n) is 8.68. The van der Waals surface area contributed by atoms with Crippen LogP contribution in [0, 0.1) is 5.82 Å². The minimum Gasteiger partial charge on any atom is -0.340 e. The van der Waals surface area contributed by atoms with E-state index < -0.39 is 35.5 Å². The molecule has 1 atom stereocenters. The fourth-order valence-electron chi connectivity index (χ4n) is 2.89. The summed E-state index contributed by atoms with van der Waals surface area (Å²) in [7, 11) is 0. The first kappa shape index (κ1) is 19.9. The number of hydrogen-bond acceptors (Lipinski definition) is 5. The van der Waals surface area contributed by atoms with Gasteiger partial charge in [0.05, 0.1) is 16.8 Å². The van der Waals surface area contributed by atoms with Crippen LogP contribution in [0.15, 0.2) is 42.5 Å². The summed E-state index contributed by atoms with van der Waals surface area (Å²) in [6, 6.07) is 8.32. The smallest absolute Gasteiger partial charge is 0.255 e. The van der Waals surface area contributed by atoms with Gasteiger partial charge in [0.2, 0.25) is 11.8 Å². The van der Waals surface area contributed by atoms with Gasteiger partial charge in [0.1, 0.15) is 11.9 Å². The second kappa shape index (κ2) is 8.42. The predicted octanol–water partition coefficient (Wildman–Crippen LogP) is 1.43. The molecule has 9 heteroatoms. The van der Waals surface area contributed by atoms with Gasteiger partial charge >= 0.3 is 0 Å². The summed E-state index contributed by atoms with van der Waals surface area (Å²) >= 11 is 0. The number of carbonyl (C=O) groups excluding carboxylic acids is 5. The first-order valence-corrected chi connectivity index (χ1v) is 8.68. The number of benzene rings is 2. The van der Waals surface area contributed by atoms with Gasteiger partial charge in [-0.2, -0.15) is 0 Å². The number of rotatable bonds is 5. The second-order valence-corrected chi connectivity index (χ2v) is 6.33. The highest BCUT2D eigenvalue weighted by molar-refractivity contribution is 6.11. The molecular formula is C20H16FN3O5. The largest absolute Gasteiger partial charge is 0.340 e. The molecule has 0 aliphatic carbocycles. The lowest BCUT2D eigenvalue weighted by Gasteiger charge is -2.22. The summed E-state index contributed by atoms with van der Waals surface area (Å²) < 4.78 is 13.3. The number of halogens is 1. The minimum atomic E-state index is -0.912. The van der Waals surface area contributed by atoms with Crippen molar-refractivity contribution in [1.29, 1.82) is 0 Å². The van der Waals surface area contributed by atoms with Crippen molar-refractivity contribution >= 4 is 35.6 Å². The van der Waals surface area contributed by atoms with Crippen LogP contribution in [-0.2, 0) is 9.59 Å². The molecule has 2 aromatic rings. The molecule has 1 unspecified atom stereocenters. The fourth-order valence-corrected chi connectivity index (χ4v) is 2.89. The Morgan fingerprint density at radius 2 is 1.86 bits per heavy atom. The van der Waals surface area contributed by atoms with Gasteiger partial charge in [0, 0.05) is 12.0 Å². The maximum absolute atomic E-state index is 13.3. The third-order valence-corrected chi connectivity index (χ3v) is 4.35. The van der Waals surface area contributed by atoms with Crippen LogP contribution in [0.2, 0.25) is 0 Å². The lowest BCUT2D eigenvalue weighted by atomic mass is 10.0. The normalized spacial score (nSPS) is 16.0. The van der Waals surface area contributed by atoms with E-state index in [2.05, 4.69) is 16.0 Å². The molecule has 1 aliphatic rings. The highest BCUT2D eigenvalue weighted by atomic mass is 19.1. The Labute approximate surface area is 164 Å². The van der Waals surface area contributed by atoms with Gasteiger partial charge < -0.3 is 10.6 Å². The zero-order valence-corrected chi connectivity index (χ0v) is 15.0. The lowest BCUT2D eigenvalue weighted by Crippen LogP contribution is -2.52. The fraction of sp³-hybridized carbons (Fsp3) is 0.150. The summed E-state index contributed by atoms with van der Waals surface area (Å²) in [4.78, 5) is 59.5. The molecule has 1 fully saturated rings. The van der Waals surface area contributed by atoms with Gasteiger partial charge in [0.15, 0.2) is 6.29 Å². The number of amides is 4. The van der Waals surface area contributed by atoms with E-state index in [9.17, 15) is 28.4 Å². The second-order valence-electron chi connectivity index (χ2n) is 6.33. The number of piperidine rings is 1. The van der Waals surface area contributed by atoms with E-state index in [1.165, 1.54) is 36.4 Å². The average molecular weight is 397 g/mol. The van der Waals surface area contributed by atoms with Crippen LogP contribution in [0.1, 0.15) is 43.9 Å². The third kappa shape index (κ3) is 4.52. The number of anilines is 1. The van der Waals surface area contributed by atoms with Crippen LogP contribution in [-0.4, -0.2) is 36.0 Å². The molecule has 0 saturated carbocycles. The first-order chi connectivity index (χ1) is 13.9. The summed E-state index contributed by atoms with van der Waals surface area (Å²) in [6.45, 7) is 0. The van der Waals surface area contributed by atoms with Crippen molar-refractivity contribution in [3.05, 3.63) is 65.0 Å². The molecule has 0 spiro atoms. The molecule has 1 heterocycles. The van der Waals surface area contributed by atoms with Crippen LogP contribution >= 0.6 is 0 Å². The van der Waals surface area contributed by atoms with Gasteiger partial charge in [0.25, 0.3) is 11.8 Å². The lowest BCUT2D eigenvalue weighted by molar-refractivity contribution is -0.134. The number of aldehydes is 1. The molecule has 29 heavy (non-hydrogen) atoms. The average Bonchev–Trinajstić information content (AvgIpc) is 2.69. The van der Waals surface area contributed by atoms with E-state index in [1.807, 2.05) is 0 Å². The van der Waals surface area contributed by atoms with E-state index in [0.29, 0.717) is 6.29 Å². The van der Waals surface area contributed by atoms with Gasteiger partial charge in [-0.05, 0) is 36.8 Å². The maximum Gasteiger partial charge on any atom is 0.255 e. The number of hydrogen-bond donors (Lipinski definition) is 3. The van der Waals surface area contributed by atoms with Gasteiger partial charge in [-0.1, -0.05) is 12.1 Å². The summed E-state index contributed by atoms with van der Waals surface area (Å²) in [6.07, 6.45) is 0.629. The van der Waals surface area contributed by atoms with Crippen LogP contribution in [0.4, 0.5) is 10.1 Å². The van der Waals surface area contributed by atoms with Gasteiger partial charge in [-0.25, -0.2) is 4.39 Å². The zero-order chi connectivity index (χ0) is 21.0. The summed E-state index contributed by atoms with van der Waals surface area (Å²) in [5, 5.41) is 7.08. The number of carbonyl (C=O) groups is 5. The molecule has 0 aromatic heterocycles. The molecule has 1 aliphatic heterocycles. The molecule has 0 bridgehead atoms. The Bertz CT molecular complexity index is 1020. The quantitative estimate of drug-likeness (QED) is 0.521. The highest BCUT2D eigenvalue weighted by Crippen LogP contribution is 2.20. The van der Waals surface area contributed by atoms with E-state index in [4.69, 9.17) is 0 Å². The maximum atomic E-state index is 13.3. The molecule has 4 amide bonds. The Morgan fingerprint density at radius 1 is 1.10 bits per heavy atom. The summed E-state index contributed by atoms with van der Waals surface area (Å²) in [5.74, 6) is -3.00. The Balaban J connectivity index is 1.81. The molecule has 3 N–H and O–H groups in total. The van der Waals surface area contributed by atoms with Crippen molar-refractivity contribution in [1.82, 2.24) is 10.6 Å². The monoisotopic (exact) mass is 397 g/mol. The Hall–Kier alpha value is -3.88. The van der Waals surface area contributed by atoms with Crippen molar-refractivity contribution in [2.24, 2.45) is 0 Å². The molecule has 1 saturated heterocycles. The predicted molar refractivity (Wildman–Crippen MR) is 99.8 cm³/mol. The van der Waals surface area contributed by atoms with Crippen molar-refractivity contribution < 1.29 is 28.4 Å².